The number of aliphatic imine (C=N–C) groups is 1. The van der Waals surface area contributed by atoms with E-state index < -0.39 is 9.84 Å². The standard InChI is InChI=1S/C14H22N2O3S2/c1-4-7-16-11-8-21(18,19)9-12(11)20-14(16)15-13(17)10(5-2)6-3/h4,10-12H,1,5-9H2,2-3H3/t11-,12+/m0/s1. The van der Waals surface area contributed by atoms with Crippen molar-refractivity contribution in [1.29, 1.82) is 0 Å². The first kappa shape index (κ1) is 16.5. The zero-order valence-electron chi connectivity index (χ0n) is 12.5. The zero-order chi connectivity index (χ0) is 15.6. The van der Waals surface area contributed by atoms with Crippen LogP contribution in [0.1, 0.15) is 26.7 Å². The molecule has 2 fully saturated rings. The van der Waals surface area contributed by atoms with E-state index in [4.69, 9.17) is 0 Å². The number of hydrogen-bond donors (Lipinski definition) is 0. The van der Waals surface area contributed by atoms with Crippen LogP contribution in [0.25, 0.3) is 0 Å². The molecule has 0 saturated carbocycles. The molecule has 0 bridgehead atoms. The number of rotatable bonds is 5. The molecule has 5 nitrogen and oxygen atoms in total. The highest BCUT2D eigenvalue weighted by Crippen LogP contribution is 2.38. The maximum absolute atomic E-state index is 12.2. The molecule has 2 heterocycles. The highest BCUT2D eigenvalue weighted by atomic mass is 32.2. The summed E-state index contributed by atoms with van der Waals surface area (Å²) < 4.78 is 23.5. The van der Waals surface area contributed by atoms with Crippen molar-refractivity contribution in [3.8, 4) is 0 Å². The summed E-state index contributed by atoms with van der Waals surface area (Å²) in [5.74, 6) is 0.178. The van der Waals surface area contributed by atoms with Gasteiger partial charge in [-0.2, -0.15) is 4.99 Å². The molecule has 0 radical (unpaired) electrons. The van der Waals surface area contributed by atoms with E-state index in [2.05, 4.69) is 11.6 Å². The van der Waals surface area contributed by atoms with Gasteiger partial charge < -0.3 is 4.90 Å². The molecule has 7 heteroatoms. The summed E-state index contributed by atoms with van der Waals surface area (Å²) in [5.41, 5.74) is 0. The second-order valence-electron chi connectivity index (χ2n) is 5.49. The Labute approximate surface area is 130 Å². The molecule has 0 unspecified atom stereocenters. The Kier molecular flexibility index (Phi) is 5.14. The van der Waals surface area contributed by atoms with Gasteiger partial charge in [-0.05, 0) is 12.8 Å². The first-order chi connectivity index (χ1) is 9.91. The molecule has 0 aliphatic carbocycles. The monoisotopic (exact) mass is 330 g/mol. The topological polar surface area (TPSA) is 66.8 Å². The van der Waals surface area contributed by atoms with Gasteiger partial charge in [0, 0.05) is 17.7 Å². The third-order valence-corrected chi connectivity index (χ3v) is 7.29. The Bertz CT molecular complexity index is 553. The fourth-order valence-electron chi connectivity index (χ4n) is 2.81. The minimum Gasteiger partial charge on any atom is -0.342 e. The van der Waals surface area contributed by atoms with Gasteiger partial charge in [-0.25, -0.2) is 8.42 Å². The molecule has 0 N–H and O–H groups in total. The molecule has 2 aliphatic rings. The van der Waals surface area contributed by atoms with Crippen molar-refractivity contribution in [2.24, 2.45) is 10.9 Å². The van der Waals surface area contributed by atoms with Crippen molar-refractivity contribution < 1.29 is 13.2 Å². The van der Waals surface area contributed by atoms with Crippen molar-refractivity contribution in [3.05, 3.63) is 12.7 Å². The number of hydrogen-bond acceptors (Lipinski definition) is 4. The van der Waals surface area contributed by atoms with Gasteiger partial charge in [-0.3, -0.25) is 4.79 Å². The van der Waals surface area contributed by atoms with E-state index in [1.54, 1.807) is 6.08 Å². The number of amidine groups is 1. The number of thioether (sulfide) groups is 1. The summed E-state index contributed by atoms with van der Waals surface area (Å²) in [7, 11) is -2.97. The second-order valence-corrected chi connectivity index (χ2v) is 8.85. The van der Waals surface area contributed by atoms with E-state index in [0.717, 1.165) is 12.8 Å². The summed E-state index contributed by atoms with van der Waals surface area (Å²) in [6, 6.07) is -0.0775. The van der Waals surface area contributed by atoms with Gasteiger partial charge in [0.15, 0.2) is 15.0 Å². The van der Waals surface area contributed by atoms with Gasteiger partial charge in [0.2, 0.25) is 0 Å². The molecule has 2 saturated heterocycles. The normalized spacial score (nSPS) is 29.1. The highest BCUT2D eigenvalue weighted by Gasteiger charge is 2.48. The summed E-state index contributed by atoms with van der Waals surface area (Å²) in [4.78, 5) is 18.4. The average Bonchev–Trinajstić information content (AvgIpc) is 2.85. The van der Waals surface area contributed by atoms with E-state index in [0.29, 0.717) is 11.7 Å². The lowest BCUT2D eigenvalue weighted by Gasteiger charge is -2.22. The molecule has 2 atom stereocenters. The summed E-state index contributed by atoms with van der Waals surface area (Å²) in [6.45, 7) is 8.21. The van der Waals surface area contributed by atoms with E-state index in [1.165, 1.54) is 11.8 Å². The maximum atomic E-state index is 12.2. The van der Waals surface area contributed by atoms with Gasteiger partial charge in [0.05, 0.1) is 17.5 Å². The van der Waals surface area contributed by atoms with Crippen molar-refractivity contribution >= 4 is 32.7 Å². The van der Waals surface area contributed by atoms with Crippen LogP contribution < -0.4 is 0 Å². The summed E-state index contributed by atoms with van der Waals surface area (Å²) >= 11 is 1.43. The molecule has 0 spiro atoms. The second kappa shape index (κ2) is 6.52. The third kappa shape index (κ3) is 3.51. The van der Waals surface area contributed by atoms with Gasteiger partial charge in [0.1, 0.15) is 0 Å². The van der Waals surface area contributed by atoms with Crippen LogP contribution in [0.4, 0.5) is 0 Å². The van der Waals surface area contributed by atoms with Gasteiger partial charge >= 0.3 is 0 Å². The molecule has 118 valence electrons. The third-order valence-electron chi connectivity index (χ3n) is 4.04. The lowest BCUT2D eigenvalue weighted by Crippen LogP contribution is -2.37. The SMILES string of the molecule is C=CCN1C(=NC(=O)C(CC)CC)S[C@@H]2CS(=O)(=O)C[C@@H]21. The highest BCUT2D eigenvalue weighted by molar-refractivity contribution is 8.15. The van der Waals surface area contributed by atoms with E-state index in [-0.39, 0.29) is 34.6 Å². The largest absolute Gasteiger partial charge is 0.342 e. The van der Waals surface area contributed by atoms with Gasteiger partial charge in [0.25, 0.3) is 5.91 Å². The molecule has 2 rings (SSSR count). The molecule has 21 heavy (non-hydrogen) atoms. The fraction of sp³-hybridized carbons (Fsp3) is 0.714. The fourth-order valence-corrected chi connectivity index (χ4v) is 6.78. The molecule has 2 aliphatic heterocycles. The van der Waals surface area contributed by atoms with Crippen LogP contribution in [0.2, 0.25) is 0 Å². The number of carbonyl (C=O) groups excluding carboxylic acids is 1. The molecular formula is C14H22N2O3S2. The Morgan fingerprint density at radius 2 is 2.14 bits per heavy atom. The van der Waals surface area contributed by atoms with E-state index >= 15 is 0 Å². The number of amides is 1. The molecule has 0 aromatic rings. The predicted molar refractivity (Wildman–Crippen MR) is 87.2 cm³/mol. The van der Waals surface area contributed by atoms with Crippen LogP contribution in [-0.4, -0.2) is 53.7 Å². The summed E-state index contributed by atoms with van der Waals surface area (Å²) in [5, 5.41) is 0.653. The van der Waals surface area contributed by atoms with Crippen LogP contribution in [0.5, 0.6) is 0 Å². The predicted octanol–water partition coefficient (Wildman–Crippen LogP) is 1.71. The Morgan fingerprint density at radius 3 is 2.71 bits per heavy atom. The molecule has 1 amide bonds. The number of nitrogens with zero attached hydrogens (tertiary/aromatic N) is 2. The number of fused-ring (bicyclic) bond motifs is 1. The van der Waals surface area contributed by atoms with E-state index in [1.807, 2.05) is 18.7 Å². The first-order valence-electron chi connectivity index (χ1n) is 7.29. The Hall–Kier alpha value is -0.820. The Balaban J connectivity index is 2.21. The van der Waals surface area contributed by atoms with Gasteiger partial charge in [-0.1, -0.05) is 31.7 Å². The molecular weight excluding hydrogens is 308 g/mol. The van der Waals surface area contributed by atoms with Gasteiger partial charge in [-0.15, -0.1) is 6.58 Å². The lowest BCUT2D eigenvalue weighted by atomic mass is 10.0. The van der Waals surface area contributed by atoms with Crippen molar-refractivity contribution in [2.75, 3.05) is 18.1 Å². The van der Waals surface area contributed by atoms with Crippen LogP contribution in [-0.2, 0) is 14.6 Å². The number of carbonyl (C=O) groups is 1. The molecule has 0 aromatic heterocycles. The van der Waals surface area contributed by atoms with Crippen LogP contribution in [0.3, 0.4) is 0 Å². The minimum absolute atomic E-state index is 0.0109. The summed E-state index contributed by atoms with van der Waals surface area (Å²) in [6.07, 6.45) is 3.28. The van der Waals surface area contributed by atoms with Crippen molar-refractivity contribution in [1.82, 2.24) is 4.90 Å². The Morgan fingerprint density at radius 1 is 1.48 bits per heavy atom. The lowest BCUT2D eigenvalue weighted by molar-refractivity contribution is -0.121. The number of sulfone groups is 1. The van der Waals surface area contributed by atoms with Crippen LogP contribution >= 0.6 is 11.8 Å². The van der Waals surface area contributed by atoms with Crippen molar-refractivity contribution in [2.45, 2.75) is 38.0 Å². The van der Waals surface area contributed by atoms with Crippen molar-refractivity contribution in [3.63, 3.8) is 0 Å². The molecule has 0 aromatic carbocycles. The van der Waals surface area contributed by atoms with E-state index in [9.17, 15) is 13.2 Å². The minimum atomic E-state index is -2.97. The first-order valence-corrected chi connectivity index (χ1v) is 9.99. The maximum Gasteiger partial charge on any atom is 0.251 e. The zero-order valence-corrected chi connectivity index (χ0v) is 14.1. The van der Waals surface area contributed by atoms with Crippen LogP contribution in [0, 0.1) is 5.92 Å². The van der Waals surface area contributed by atoms with Crippen LogP contribution in [0.15, 0.2) is 17.6 Å². The average molecular weight is 330 g/mol. The smallest absolute Gasteiger partial charge is 0.251 e. The quantitative estimate of drug-likeness (QED) is 0.718.